The van der Waals surface area contributed by atoms with E-state index < -0.39 is 0 Å². The molecule has 0 aliphatic heterocycles. The van der Waals surface area contributed by atoms with E-state index in [1.165, 1.54) is 23.9 Å². The zero-order valence-electron chi connectivity index (χ0n) is 7.64. The molecule has 0 unspecified atom stereocenters. The standard InChI is InChI=1S/C11H7FO2S/c12-8-1-4-10(5-2-8)15-11-6-3-9(7-13)14-11/h1-7H. The van der Waals surface area contributed by atoms with E-state index in [1.807, 2.05) is 0 Å². The van der Waals surface area contributed by atoms with Crippen molar-refractivity contribution in [3.63, 3.8) is 0 Å². The lowest BCUT2D eigenvalue weighted by Gasteiger charge is -1.96. The molecule has 0 saturated carbocycles. The normalized spacial score (nSPS) is 10.2. The first kappa shape index (κ1) is 9.98. The Labute approximate surface area is 90.1 Å². The maximum Gasteiger partial charge on any atom is 0.185 e. The quantitative estimate of drug-likeness (QED) is 0.746. The van der Waals surface area contributed by atoms with Crippen LogP contribution in [-0.2, 0) is 0 Å². The summed E-state index contributed by atoms with van der Waals surface area (Å²) in [4.78, 5) is 11.2. The Morgan fingerprint density at radius 1 is 1.13 bits per heavy atom. The van der Waals surface area contributed by atoms with Gasteiger partial charge in [-0.1, -0.05) is 11.8 Å². The fourth-order valence-corrected chi connectivity index (χ4v) is 1.85. The minimum atomic E-state index is -0.271. The number of carbonyl (C=O) groups excluding carboxylic acids is 1. The first-order valence-corrected chi connectivity index (χ1v) is 5.08. The zero-order valence-corrected chi connectivity index (χ0v) is 8.46. The number of rotatable bonds is 3. The average molecular weight is 222 g/mol. The van der Waals surface area contributed by atoms with Gasteiger partial charge in [0.05, 0.1) is 0 Å². The van der Waals surface area contributed by atoms with E-state index in [2.05, 4.69) is 0 Å². The molecular formula is C11H7FO2S. The summed E-state index contributed by atoms with van der Waals surface area (Å²) in [6, 6.07) is 9.38. The summed E-state index contributed by atoms with van der Waals surface area (Å²) >= 11 is 1.34. The predicted octanol–water partition coefficient (Wildman–Crippen LogP) is 3.38. The number of halogens is 1. The van der Waals surface area contributed by atoms with Crippen LogP contribution in [-0.4, -0.2) is 6.29 Å². The molecule has 0 bridgehead atoms. The lowest BCUT2D eigenvalue weighted by Crippen LogP contribution is -1.73. The van der Waals surface area contributed by atoms with Gasteiger partial charge in [-0.2, -0.15) is 0 Å². The van der Waals surface area contributed by atoms with Crippen molar-refractivity contribution in [2.24, 2.45) is 0 Å². The fourth-order valence-electron chi connectivity index (χ4n) is 1.07. The number of hydrogen-bond acceptors (Lipinski definition) is 3. The average Bonchev–Trinajstić information content (AvgIpc) is 2.69. The van der Waals surface area contributed by atoms with Crippen molar-refractivity contribution in [1.29, 1.82) is 0 Å². The fraction of sp³-hybridized carbons (Fsp3) is 0. The first-order chi connectivity index (χ1) is 7.28. The van der Waals surface area contributed by atoms with Crippen molar-refractivity contribution < 1.29 is 13.6 Å². The summed E-state index contributed by atoms with van der Waals surface area (Å²) < 4.78 is 17.8. The molecule has 1 heterocycles. The van der Waals surface area contributed by atoms with Crippen molar-refractivity contribution in [3.8, 4) is 0 Å². The van der Waals surface area contributed by atoms with Crippen molar-refractivity contribution in [3.05, 3.63) is 48.0 Å². The highest BCUT2D eigenvalue weighted by molar-refractivity contribution is 7.99. The monoisotopic (exact) mass is 222 g/mol. The van der Waals surface area contributed by atoms with Gasteiger partial charge in [-0.25, -0.2) is 4.39 Å². The lowest BCUT2D eigenvalue weighted by atomic mass is 10.4. The van der Waals surface area contributed by atoms with E-state index in [4.69, 9.17) is 4.42 Å². The SMILES string of the molecule is O=Cc1ccc(Sc2ccc(F)cc2)o1. The molecule has 0 spiro atoms. The first-order valence-electron chi connectivity index (χ1n) is 4.26. The van der Waals surface area contributed by atoms with Crippen molar-refractivity contribution in [2.45, 2.75) is 9.99 Å². The van der Waals surface area contributed by atoms with Crippen LogP contribution in [0.3, 0.4) is 0 Å². The molecule has 76 valence electrons. The largest absolute Gasteiger partial charge is 0.447 e. The Kier molecular flexibility index (Phi) is 2.87. The molecule has 15 heavy (non-hydrogen) atoms. The van der Waals surface area contributed by atoms with Gasteiger partial charge >= 0.3 is 0 Å². The van der Waals surface area contributed by atoms with Crippen LogP contribution in [0.2, 0.25) is 0 Å². The molecule has 2 aromatic rings. The van der Waals surface area contributed by atoms with Crippen LogP contribution >= 0.6 is 11.8 Å². The topological polar surface area (TPSA) is 30.2 Å². The van der Waals surface area contributed by atoms with Crippen molar-refractivity contribution in [1.82, 2.24) is 0 Å². The molecular weight excluding hydrogens is 215 g/mol. The molecule has 0 N–H and O–H groups in total. The number of aldehydes is 1. The van der Waals surface area contributed by atoms with Gasteiger partial charge in [0.2, 0.25) is 0 Å². The number of hydrogen-bond donors (Lipinski definition) is 0. The minimum Gasteiger partial charge on any atom is -0.447 e. The van der Waals surface area contributed by atoms with Gasteiger partial charge in [0.25, 0.3) is 0 Å². The zero-order chi connectivity index (χ0) is 10.7. The van der Waals surface area contributed by atoms with Gasteiger partial charge in [0, 0.05) is 4.90 Å². The number of furan rings is 1. The lowest BCUT2D eigenvalue weighted by molar-refractivity contribution is 0.109. The van der Waals surface area contributed by atoms with Gasteiger partial charge in [0.15, 0.2) is 17.1 Å². The molecule has 0 atom stereocenters. The maximum absolute atomic E-state index is 12.6. The van der Waals surface area contributed by atoms with E-state index in [-0.39, 0.29) is 5.82 Å². The van der Waals surface area contributed by atoms with E-state index in [1.54, 1.807) is 24.3 Å². The molecule has 0 saturated heterocycles. The molecule has 0 aliphatic carbocycles. The Morgan fingerprint density at radius 2 is 1.87 bits per heavy atom. The van der Waals surface area contributed by atoms with E-state index in [0.29, 0.717) is 17.1 Å². The van der Waals surface area contributed by atoms with Crippen LogP contribution in [0.15, 0.2) is 50.8 Å². The predicted molar refractivity (Wildman–Crippen MR) is 54.6 cm³/mol. The van der Waals surface area contributed by atoms with E-state index >= 15 is 0 Å². The van der Waals surface area contributed by atoms with E-state index in [9.17, 15) is 9.18 Å². The third kappa shape index (κ3) is 2.47. The van der Waals surface area contributed by atoms with Crippen LogP contribution in [0.25, 0.3) is 0 Å². The molecule has 1 aromatic carbocycles. The van der Waals surface area contributed by atoms with Crippen LogP contribution in [0.1, 0.15) is 10.6 Å². The Bertz CT molecular complexity index is 462. The minimum absolute atomic E-state index is 0.271. The molecule has 2 nitrogen and oxygen atoms in total. The summed E-state index contributed by atoms with van der Waals surface area (Å²) in [5, 5.41) is 0.615. The van der Waals surface area contributed by atoms with Gasteiger partial charge in [-0.15, -0.1) is 0 Å². The van der Waals surface area contributed by atoms with Gasteiger partial charge < -0.3 is 4.42 Å². The van der Waals surface area contributed by atoms with Gasteiger partial charge in [-0.05, 0) is 36.4 Å². The highest BCUT2D eigenvalue weighted by Gasteiger charge is 2.03. The van der Waals surface area contributed by atoms with E-state index in [0.717, 1.165) is 4.90 Å². The summed E-state index contributed by atoms with van der Waals surface area (Å²) in [6.45, 7) is 0. The van der Waals surface area contributed by atoms with Gasteiger partial charge in [0.1, 0.15) is 5.82 Å². The molecule has 4 heteroatoms. The van der Waals surface area contributed by atoms with Gasteiger partial charge in [-0.3, -0.25) is 4.79 Å². The van der Waals surface area contributed by atoms with Crippen molar-refractivity contribution >= 4 is 18.0 Å². The summed E-state index contributed by atoms with van der Waals surface area (Å²) in [6.07, 6.45) is 0.648. The Balaban J connectivity index is 2.14. The molecule has 0 fully saturated rings. The molecule has 1 aromatic heterocycles. The highest BCUT2D eigenvalue weighted by Crippen LogP contribution is 2.28. The molecule has 0 radical (unpaired) electrons. The second-order valence-electron chi connectivity index (χ2n) is 2.83. The van der Waals surface area contributed by atoms with Crippen LogP contribution in [0.4, 0.5) is 4.39 Å². The number of benzene rings is 1. The Morgan fingerprint density at radius 3 is 2.47 bits per heavy atom. The second-order valence-corrected chi connectivity index (χ2v) is 3.91. The number of carbonyl (C=O) groups is 1. The molecule has 2 rings (SSSR count). The summed E-state index contributed by atoms with van der Waals surface area (Å²) in [7, 11) is 0. The maximum atomic E-state index is 12.6. The summed E-state index contributed by atoms with van der Waals surface area (Å²) in [5.74, 6) is 0.0204. The smallest absolute Gasteiger partial charge is 0.185 e. The second kappa shape index (κ2) is 4.31. The summed E-state index contributed by atoms with van der Waals surface area (Å²) in [5.41, 5.74) is 0. The molecule has 0 amide bonds. The highest BCUT2D eigenvalue weighted by atomic mass is 32.2. The van der Waals surface area contributed by atoms with Crippen LogP contribution < -0.4 is 0 Å². The Hall–Kier alpha value is -1.55. The van der Waals surface area contributed by atoms with Crippen molar-refractivity contribution in [2.75, 3.05) is 0 Å². The third-order valence-corrected chi connectivity index (χ3v) is 2.68. The van der Waals surface area contributed by atoms with Crippen LogP contribution in [0.5, 0.6) is 0 Å². The third-order valence-electron chi connectivity index (χ3n) is 1.75. The molecule has 0 aliphatic rings. The van der Waals surface area contributed by atoms with Crippen LogP contribution in [0, 0.1) is 5.82 Å².